The van der Waals surface area contributed by atoms with Crippen molar-refractivity contribution >= 4 is 51.5 Å². The second-order valence-corrected chi connectivity index (χ2v) is 12.4. The topological polar surface area (TPSA) is 105 Å². The molecule has 0 saturated carbocycles. The van der Waals surface area contributed by atoms with Gasteiger partial charge >= 0.3 is 23.9 Å². The fourth-order valence-corrected chi connectivity index (χ4v) is 5.94. The van der Waals surface area contributed by atoms with Crippen LogP contribution in [-0.4, -0.2) is 23.9 Å². The van der Waals surface area contributed by atoms with Crippen LogP contribution in [-0.2, 0) is 4.74 Å². The third-order valence-electron chi connectivity index (χ3n) is 8.81. The standard InChI is InChI=1S/C47H32O8/c1-3-38(52-44(48)34-18-8-20-36(27-34)46(50)54-42-25-10-15-31-13-4-6-22-39(31)42)29-33-17-12-24-41(30(33)2)53-45(49)35-19-9-21-37(28-35)47(51)55-43-26-11-16-32-14-5-7-23-40(32)43/h3-29H,1H2,2H3/b38-29+. The monoisotopic (exact) mass is 724 g/mol. The molecule has 0 atom stereocenters. The van der Waals surface area contributed by atoms with Crippen molar-refractivity contribution in [2.75, 3.05) is 0 Å². The highest BCUT2D eigenvalue weighted by atomic mass is 16.5. The van der Waals surface area contributed by atoms with Crippen molar-refractivity contribution in [2.45, 2.75) is 6.92 Å². The molecule has 8 nitrogen and oxygen atoms in total. The molecule has 0 bridgehead atoms. The van der Waals surface area contributed by atoms with Crippen LogP contribution in [0.15, 0.2) is 170 Å². The van der Waals surface area contributed by atoms with Gasteiger partial charge in [-0.3, -0.25) is 0 Å². The summed E-state index contributed by atoms with van der Waals surface area (Å²) in [5.74, 6) is -1.45. The van der Waals surface area contributed by atoms with Gasteiger partial charge in [0.1, 0.15) is 23.0 Å². The predicted molar refractivity (Wildman–Crippen MR) is 210 cm³/mol. The Hall–Kier alpha value is -7.58. The minimum atomic E-state index is -0.718. The van der Waals surface area contributed by atoms with Gasteiger partial charge in [0.2, 0.25) is 0 Å². The summed E-state index contributed by atoms with van der Waals surface area (Å²) in [6, 6.07) is 43.2. The van der Waals surface area contributed by atoms with Gasteiger partial charge in [-0.1, -0.05) is 104 Å². The molecule has 0 aliphatic carbocycles. The van der Waals surface area contributed by atoms with Gasteiger partial charge in [0, 0.05) is 10.8 Å². The minimum Gasteiger partial charge on any atom is -0.423 e. The van der Waals surface area contributed by atoms with Gasteiger partial charge in [-0.2, -0.15) is 0 Å². The Balaban J connectivity index is 1.03. The molecule has 0 heterocycles. The van der Waals surface area contributed by atoms with Crippen LogP contribution in [0.4, 0.5) is 0 Å². The Bertz CT molecular complexity index is 2660. The van der Waals surface area contributed by atoms with Crippen molar-refractivity contribution in [1.29, 1.82) is 0 Å². The van der Waals surface area contributed by atoms with Crippen molar-refractivity contribution < 1.29 is 38.1 Å². The van der Waals surface area contributed by atoms with E-state index in [-0.39, 0.29) is 33.8 Å². The lowest BCUT2D eigenvalue weighted by atomic mass is 10.1. The molecule has 0 N–H and O–H groups in total. The molecule has 7 aromatic carbocycles. The van der Waals surface area contributed by atoms with E-state index in [4.69, 9.17) is 18.9 Å². The summed E-state index contributed by atoms with van der Waals surface area (Å²) in [5, 5.41) is 3.43. The van der Waals surface area contributed by atoms with Crippen molar-refractivity contribution in [1.82, 2.24) is 0 Å². The van der Waals surface area contributed by atoms with Crippen molar-refractivity contribution in [3.05, 3.63) is 203 Å². The Kier molecular flexibility index (Phi) is 10.4. The van der Waals surface area contributed by atoms with E-state index in [1.165, 1.54) is 24.3 Å². The fourth-order valence-electron chi connectivity index (χ4n) is 5.94. The lowest BCUT2D eigenvalue weighted by molar-refractivity contribution is 0.0638. The first-order chi connectivity index (χ1) is 26.8. The predicted octanol–water partition coefficient (Wildman–Crippen LogP) is 10.3. The molecule has 55 heavy (non-hydrogen) atoms. The van der Waals surface area contributed by atoms with E-state index in [9.17, 15) is 19.2 Å². The average molecular weight is 725 g/mol. The molecule has 0 unspecified atom stereocenters. The summed E-state index contributed by atoms with van der Waals surface area (Å²) in [6.45, 7) is 5.53. The average Bonchev–Trinajstić information content (AvgIpc) is 3.22. The van der Waals surface area contributed by atoms with Crippen LogP contribution < -0.4 is 14.2 Å². The second kappa shape index (κ2) is 16.0. The van der Waals surface area contributed by atoms with E-state index in [1.807, 2.05) is 60.7 Å². The second-order valence-electron chi connectivity index (χ2n) is 12.4. The van der Waals surface area contributed by atoms with Gasteiger partial charge in [0.05, 0.1) is 22.3 Å². The zero-order chi connectivity index (χ0) is 38.3. The number of ether oxygens (including phenoxy) is 4. The molecule has 7 aromatic rings. The number of benzene rings is 7. The maximum absolute atomic E-state index is 13.3. The Morgan fingerprint density at radius 3 is 1.38 bits per heavy atom. The van der Waals surface area contributed by atoms with Gasteiger partial charge in [-0.15, -0.1) is 0 Å². The molecule has 0 amide bonds. The quantitative estimate of drug-likeness (QED) is 0.0594. The maximum atomic E-state index is 13.3. The number of fused-ring (bicyclic) bond motifs is 2. The first kappa shape index (κ1) is 35.8. The maximum Gasteiger partial charge on any atom is 0.343 e. The highest BCUT2D eigenvalue weighted by molar-refractivity contribution is 6.00. The molecule has 0 saturated heterocycles. The largest absolute Gasteiger partial charge is 0.423 e. The lowest BCUT2D eigenvalue weighted by Gasteiger charge is -2.12. The van der Waals surface area contributed by atoms with E-state index < -0.39 is 23.9 Å². The third-order valence-corrected chi connectivity index (χ3v) is 8.81. The molecule has 0 spiro atoms. The number of carbonyl (C=O) groups is 4. The zero-order valence-corrected chi connectivity index (χ0v) is 29.6. The summed E-state index contributed by atoms with van der Waals surface area (Å²) < 4.78 is 22.8. The van der Waals surface area contributed by atoms with E-state index in [0.717, 1.165) is 21.5 Å². The molecular formula is C47H32O8. The van der Waals surface area contributed by atoms with Crippen LogP contribution in [0.25, 0.3) is 27.6 Å². The van der Waals surface area contributed by atoms with Gasteiger partial charge in [-0.25, -0.2) is 19.2 Å². The molecule has 8 heteroatoms. The third kappa shape index (κ3) is 8.09. The Morgan fingerprint density at radius 1 is 0.473 bits per heavy atom. The van der Waals surface area contributed by atoms with E-state index in [0.29, 0.717) is 22.6 Å². The first-order valence-electron chi connectivity index (χ1n) is 17.3. The number of rotatable bonds is 10. The molecular weight excluding hydrogens is 693 g/mol. The highest BCUT2D eigenvalue weighted by Gasteiger charge is 2.18. The van der Waals surface area contributed by atoms with Gasteiger partial charge in [0.15, 0.2) is 0 Å². The number of hydrogen-bond donors (Lipinski definition) is 0. The number of esters is 4. The number of hydrogen-bond acceptors (Lipinski definition) is 8. The van der Waals surface area contributed by atoms with Crippen LogP contribution >= 0.6 is 0 Å². The van der Waals surface area contributed by atoms with Gasteiger partial charge in [-0.05, 0) is 95.6 Å². The van der Waals surface area contributed by atoms with E-state index in [2.05, 4.69) is 6.58 Å². The summed E-state index contributed by atoms with van der Waals surface area (Å²) in [5.41, 5.74) is 1.80. The van der Waals surface area contributed by atoms with Gasteiger partial charge < -0.3 is 18.9 Å². The SMILES string of the molecule is C=C/C(=C\c1cccc(OC(=O)c2cccc(C(=O)Oc3cccc4ccccc34)c2)c1C)OC(=O)c1cccc(C(=O)Oc2cccc3ccccc23)c1. The van der Waals surface area contributed by atoms with Crippen molar-refractivity contribution in [3.8, 4) is 17.2 Å². The number of carbonyl (C=O) groups excluding carboxylic acids is 4. The van der Waals surface area contributed by atoms with Gasteiger partial charge in [0.25, 0.3) is 0 Å². The van der Waals surface area contributed by atoms with Crippen molar-refractivity contribution in [3.63, 3.8) is 0 Å². The summed E-state index contributed by atoms with van der Waals surface area (Å²) in [4.78, 5) is 52.7. The smallest absolute Gasteiger partial charge is 0.343 e. The lowest BCUT2D eigenvalue weighted by Crippen LogP contribution is -2.13. The molecule has 7 rings (SSSR count). The minimum absolute atomic E-state index is 0.123. The number of allylic oxidation sites excluding steroid dienone is 1. The molecule has 0 fully saturated rings. The normalized spacial score (nSPS) is 11.1. The van der Waals surface area contributed by atoms with Crippen LogP contribution in [0.3, 0.4) is 0 Å². The first-order valence-corrected chi connectivity index (χ1v) is 17.3. The highest BCUT2D eigenvalue weighted by Crippen LogP contribution is 2.29. The van der Waals surface area contributed by atoms with E-state index >= 15 is 0 Å². The molecule has 0 aromatic heterocycles. The van der Waals surface area contributed by atoms with Crippen LogP contribution in [0.5, 0.6) is 17.2 Å². The molecule has 0 aliphatic heterocycles. The van der Waals surface area contributed by atoms with Crippen molar-refractivity contribution in [2.24, 2.45) is 0 Å². The summed E-state index contributed by atoms with van der Waals surface area (Å²) in [6.07, 6.45) is 2.96. The summed E-state index contributed by atoms with van der Waals surface area (Å²) >= 11 is 0. The Morgan fingerprint density at radius 2 is 0.873 bits per heavy atom. The van der Waals surface area contributed by atoms with E-state index in [1.54, 1.807) is 85.8 Å². The van der Waals surface area contributed by atoms with Crippen LogP contribution in [0.2, 0.25) is 0 Å². The van der Waals surface area contributed by atoms with Crippen LogP contribution in [0.1, 0.15) is 52.6 Å². The zero-order valence-electron chi connectivity index (χ0n) is 29.6. The Labute approximate surface area is 316 Å². The molecule has 0 aliphatic rings. The summed E-state index contributed by atoms with van der Waals surface area (Å²) in [7, 11) is 0. The molecule has 268 valence electrons. The molecule has 0 radical (unpaired) electrons. The van der Waals surface area contributed by atoms with Crippen LogP contribution in [0, 0.1) is 6.92 Å². The fraction of sp³-hybridized carbons (Fsp3) is 0.0213.